The number of nitrogens with one attached hydrogen (secondary N) is 2. The van der Waals surface area contributed by atoms with Crippen molar-refractivity contribution in [2.24, 2.45) is 5.41 Å². The lowest BCUT2D eigenvalue weighted by Gasteiger charge is -2.40. The fourth-order valence-corrected chi connectivity index (χ4v) is 5.31. The van der Waals surface area contributed by atoms with E-state index in [0.29, 0.717) is 38.7 Å². The molecule has 0 aliphatic carbocycles. The first-order chi connectivity index (χ1) is 19.0. The molecule has 4 aromatic rings. The minimum Gasteiger partial charge on any atom is -0.496 e. The van der Waals surface area contributed by atoms with Gasteiger partial charge in [0.15, 0.2) is 5.82 Å². The Morgan fingerprint density at radius 3 is 2.69 bits per heavy atom. The summed E-state index contributed by atoms with van der Waals surface area (Å²) in [5.41, 5.74) is 10.7. The number of para-hydroxylation sites is 1. The van der Waals surface area contributed by atoms with Crippen molar-refractivity contribution in [3.05, 3.63) is 53.6 Å². The van der Waals surface area contributed by atoms with Crippen LogP contribution in [0.1, 0.15) is 30.9 Å². The van der Waals surface area contributed by atoms with Gasteiger partial charge in [-0.15, -0.1) is 0 Å². The second-order valence-corrected chi connectivity index (χ2v) is 10.4. The zero-order valence-corrected chi connectivity index (χ0v) is 22.6. The number of nitrogens with zero attached hydrogens (tertiary/aromatic N) is 3. The molecule has 0 amide bonds. The van der Waals surface area contributed by atoms with E-state index in [1.54, 1.807) is 7.11 Å². The highest BCUT2D eigenvalue weighted by Gasteiger charge is 2.37. The summed E-state index contributed by atoms with van der Waals surface area (Å²) in [7, 11) is 1.68. The van der Waals surface area contributed by atoms with Crippen LogP contribution in [0.2, 0.25) is 0 Å². The number of ether oxygens (including phenoxy) is 2. The molecule has 1 aliphatic heterocycles. The summed E-state index contributed by atoms with van der Waals surface area (Å²) in [5, 5.41) is 27.6. The standard InChI is InChI=1S/C29H38N6O4/c1-3-6-21(14-36)32-27-26-25(33-28(30)34-27)22-7-4-5-8-23(22)35(26)13-20-11-19(9-10-24(20)38-2)12-31-15-29(16-37)17-39-18-29/h4-5,7-11,21,31,36-37H,3,6,12-18H2,1-2H3,(H3,30,32,33,34)/t21-/m0/s1. The van der Waals surface area contributed by atoms with Gasteiger partial charge < -0.3 is 40.6 Å². The quantitative estimate of drug-likeness (QED) is 0.175. The number of aromatic nitrogens is 3. The lowest BCUT2D eigenvalue weighted by Crippen LogP contribution is -2.52. The Balaban J connectivity index is 1.53. The van der Waals surface area contributed by atoms with Gasteiger partial charge in [-0.2, -0.15) is 4.98 Å². The van der Waals surface area contributed by atoms with Gasteiger partial charge in [0, 0.05) is 24.0 Å². The molecule has 1 saturated heterocycles. The summed E-state index contributed by atoms with van der Waals surface area (Å²) in [6, 6.07) is 14.2. The molecule has 1 atom stereocenters. The maximum atomic E-state index is 9.97. The maximum absolute atomic E-state index is 9.97. The number of aliphatic hydroxyl groups is 2. The van der Waals surface area contributed by atoms with Gasteiger partial charge in [-0.05, 0) is 30.2 Å². The van der Waals surface area contributed by atoms with E-state index in [2.05, 4.69) is 50.3 Å². The molecule has 5 rings (SSSR count). The van der Waals surface area contributed by atoms with Crippen molar-refractivity contribution >= 4 is 33.7 Å². The van der Waals surface area contributed by atoms with Crippen molar-refractivity contribution in [1.82, 2.24) is 19.9 Å². The van der Waals surface area contributed by atoms with Crippen LogP contribution in [-0.4, -0.2) is 70.9 Å². The monoisotopic (exact) mass is 534 g/mol. The van der Waals surface area contributed by atoms with Gasteiger partial charge in [0.05, 0.1) is 57.1 Å². The number of rotatable bonds is 13. The number of hydrogen-bond donors (Lipinski definition) is 5. The van der Waals surface area contributed by atoms with Crippen LogP contribution in [0.4, 0.5) is 11.8 Å². The maximum Gasteiger partial charge on any atom is 0.222 e. The van der Waals surface area contributed by atoms with E-state index in [9.17, 15) is 10.2 Å². The number of hydrogen-bond acceptors (Lipinski definition) is 9. The van der Waals surface area contributed by atoms with Gasteiger partial charge in [-0.1, -0.05) is 37.6 Å². The van der Waals surface area contributed by atoms with Crippen LogP contribution in [0.5, 0.6) is 5.75 Å². The van der Waals surface area contributed by atoms with E-state index in [1.807, 2.05) is 24.3 Å². The Morgan fingerprint density at radius 1 is 1.18 bits per heavy atom. The van der Waals surface area contributed by atoms with Gasteiger partial charge in [0.1, 0.15) is 16.8 Å². The molecule has 208 valence electrons. The summed E-state index contributed by atoms with van der Waals surface area (Å²) in [6.07, 6.45) is 1.73. The third-order valence-corrected chi connectivity index (χ3v) is 7.47. The smallest absolute Gasteiger partial charge is 0.222 e. The van der Waals surface area contributed by atoms with Gasteiger partial charge in [0.25, 0.3) is 0 Å². The predicted molar refractivity (Wildman–Crippen MR) is 153 cm³/mol. The van der Waals surface area contributed by atoms with Crippen molar-refractivity contribution in [3.8, 4) is 5.75 Å². The minimum absolute atomic E-state index is 0.00791. The van der Waals surface area contributed by atoms with E-state index in [0.717, 1.165) is 51.7 Å². The van der Waals surface area contributed by atoms with E-state index in [1.165, 1.54) is 0 Å². The van der Waals surface area contributed by atoms with Gasteiger partial charge in [-0.3, -0.25) is 0 Å². The molecule has 39 heavy (non-hydrogen) atoms. The highest BCUT2D eigenvalue weighted by atomic mass is 16.5. The van der Waals surface area contributed by atoms with E-state index < -0.39 is 0 Å². The Hall–Kier alpha value is -3.44. The second-order valence-electron chi connectivity index (χ2n) is 10.4. The minimum atomic E-state index is -0.187. The zero-order valence-electron chi connectivity index (χ0n) is 22.6. The number of fused-ring (bicyclic) bond motifs is 3. The molecular formula is C29H38N6O4. The first kappa shape index (κ1) is 27.1. The molecule has 2 aromatic carbocycles. The molecule has 10 heteroatoms. The summed E-state index contributed by atoms with van der Waals surface area (Å²) in [6.45, 7) is 5.22. The molecule has 10 nitrogen and oxygen atoms in total. The van der Waals surface area contributed by atoms with Crippen LogP contribution in [0.15, 0.2) is 42.5 Å². The number of nitrogens with two attached hydrogens (primary N) is 1. The highest BCUT2D eigenvalue weighted by molar-refractivity contribution is 6.09. The fourth-order valence-electron chi connectivity index (χ4n) is 5.31. The van der Waals surface area contributed by atoms with Crippen LogP contribution in [-0.2, 0) is 17.8 Å². The van der Waals surface area contributed by atoms with Crippen LogP contribution in [0.25, 0.3) is 21.9 Å². The number of aliphatic hydroxyl groups excluding tert-OH is 2. The topological polar surface area (TPSA) is 140 Å². The number of benzene rings is 2. The van der Waals surface area contributed by atoms with E-state index in [4.69, 9.17) is 15.2 Å². The Bertz CT molecular complexity index is 1430. The predicted octanol–water partition coefficient (Wildman–Crippen LogP) is 2.90. The van der Waals surface area contributed by atoms with Crippen molar-refractivity contribution in [1.29, 1.82) is 0 Å². The lowest BCUT2D eigenvalue weighted by molar-refractivity contribution is -0.134. The second kappa shape index (κ2) is 11.7. The molecule has 0 unspecified atom stereocenters. The van der Waals surface area contributed by atoms with Gasteiger partial charge in [0.2, 0.25) is 5.95 Å². The summed E-state index contributed by atoms with van der Waals surface area (Å²) in [4.78, 5) is 9.19. The summed E-state index contributed by atoms with van der Waals surface area (Å²) >= 11 is 0. The summed E-state index contributed by atoms with van der Waals surface area (Å²) < 4.78 is 13.3. The van der Waals surface area contributed by atoms with Crippen LogP contribution in [0, 0.1) is 5.41 Å². The molecule has 3 heterocycles. The highest BCUT2D eigenvalue weighted by Crippen LogP contribution is 2.34. The molecule has 0 bridgehead atoms. The van der Waals surface area contributed by atoms with Crippen molar-refractivity contribution in [2.45, 2.75) is 38.9 Å². The molecule has 2 aromatic heterocycles. The third kappa shape index (κ3) is 5.51. The Kier molecular flexibility index (Phi) is 8.18. The van der Waals surface area contributed by atoms with Crippen LogP contribution in [0.3, 0.4) is 0 Å². The van der Waals surface area contributed by atoms with Crippen molar-refractivity contribution in [3.63, 3.8) is 0 Å². The van der Waals surface area contributed by atoms with E-state index >= 15 is 0 Å². The Morgan fingerprint density at radius 2 is 2.00 bits per heavy atom. The van der Waals surface area contributed by atoms with Crippen LogP contribution < -0.4 is 21.1 Å². The van der Waals surface area contributed by atoms with Gasteiger partial charge >= 0.3 is 0 Å². The molecule has 6 N–H and O–H groups in total. The first-order valence-electron chi connectivity index (χ1n) is 13.5. The summed E-state index contributed by atoms with van der Waals surface area (Å²) in [5.74, 6) is 1.58. The van der Waals surface area contributed by atoms with Crippen molar-refractivity contribution < 1.29 is 19.7 Å². The molecule has 1 fully saturated rings. The number of nitrogen functional groups attached to an aromatic ring is 1. The largest absolute Gasteiger partial charge is 0.496 e. The van der Waals surface area contributed by atoms with Gasteiger partial charge in [-0.25, -0.2) is 4.98 Å². The van der Waals surface area contributed by atoms with E-state index in [-0.39, 0.29) is 30.6 Å². The SMILES string of the molecule is CCC[C@@H](CO)Nc1nc(N)nc2c3ccccc3n(Cc3cc(CNCC4(CO)COC4)ccc3OC)c12. The van der Waals surface area contributed by atoms with Crippen molar-refractivity contribution in [2.75, 3.05) is 51.1 Å². The average molecular weight is 535 g/mol. The normalized spacial score (nSPS) is 15.4. The van der Waals surface area contributed by atoms with Crippen LogP contribution >= 0.6 is 0 Å². The number of anilines is 2. The molecule has 1 aliphatic rings. The zero-order chi connectivity index (χ0) is 27.4. The number of methoxy groups -OCH3 is 1. The Labute approximate surface area is 228 Å². The molecular weight excluding hydrogens is 496 g/mol. The first-order valence-corrected chi connectivity index (χ1v) is 13.5. The molecule has 0 radical (unpaired) electrons. The third-order valence-electron chi connectivity index (χ3n) is 7.47. The average Bonchev–Trinajstić information content (AvgIpc) is 3.23. The molecule has 0 spiro atoms. The fraction of sp³-hybridized carbons (Fsp3) is 0.448. The molecule has 0 saturated carbocycles. The lowest BCUT2D eigenvalue weighted by atomic mass is 9.87.